The number of hydrogen-bond donors (Lipinski definition) is 0. The second-order valence-electron chi connectivity index (χ2n) is 3.92. The van der Waals surface area contributed by atoms with Gasteiger partial charge in [0.05, 0.1) is 0 Å². The van der Waals surface area contributed by atoms with Crippen LogP contribution in [0.15, 0.2) is 40.9 Å². The monoisotopic (exact) mass is 264 g/mol. The first kappa shape index (κ1) is 10.6. The fourth-order valence-electron chi connectivity index (χ4n) is 1.97. The second kappa shape index (κ2) is 4.75. The fraction of sp³-hybridized carbons (Fsp3) is 0.308. The Kier molecular flexibility index (Phi) is 3.37. The first-order valence-corrected chi connectivity index (χ1v) is 5.98. The van der Waals surface area contributed by atoms with Crippen LogP contribution in [0.1, 0.15) is 24.3 Å². The number of rotatable bonds is 2. The summed E-state index contributed by atoms with van der Waals surface area (Å²) in [5.41, 5.74) is 1.32. The van der Waals surface area contributed by atoms with Gasteiger partial charge in [-0.2, -0.15) is 0 Å². The summed E-state index contributed by atoms with van der Waals surface area (Å²) in [6.45, 7) is 0. The molecule has 2 unspecified atom stereocenters. The van der Waals surface area contributed by atoms with Gasteiger partial charge in [0.25, 0.3) is 0 Å². The first-order chi connectivity index (χ1) is 7.29. The Hall–Kier alpha value is -0.890. The number of carbonyl (C=O) groups is 1. The number of carbonyl (C=O) groups excluding carboxylic acids is 1. The van der Waals surface area contributed by atoms with E-state index in [4.69, 9.17) is 0 Å². The highest BCUT2D eigenvalue weighted by Crippen LogP contribution is 2.30. The zero-order valence-corrected chi connectivity index (χ0v) is 9.98. The van der Waals surface area contributed by atoms with Gasteiger partial charge in [0.15, 0.2) is 0 Å². The molecule has 2 rings (SSSR count). The van der Waals surface area contributed by atoms with E-state index in [-0.39, 0.29) is 5.92 Å². The molecule has 0 bridgehead atoms. The lowest BCUT2D eigenvalue weighted by molar-refractivity contribution is -0.110. The molecule has 15 heavy (non-hydrogen) atoms. The van der Waals surface area contributed by atoms with E-state index >= 15 is 0 Å². The van der Waals surface area contributed by atoms with Crippen molar-refractivity contribution in [3.8, 4) is 0 Å². The maximum absolute atomic E-state index is 10.6. The van der Waals surface area contributed by atoms with Crippen LogP contribution in [0.25, 0.3) is 0 Å². The maximum atomic E-state index is 10.6. The van der Waals surface area contributed by atoms with Gasteiger partial charge in [-0.05, 0) is 30.5 Å². The van der Waals surface area contributed by atoms with Gasteiger partial charge in [-0.1, -0.05) is 40.2 Å². The Morgan fingerprint density at radius 2 is 2.13 bits per heavy atom. The van der Waals surface area contributed by atoms with E-state index in [1.807, 2.05) is 12.1 Å². The van der Waals surface area contributed by atoms with Crippen LogP contribution < -0.4 is 0 Å². The molecule has 0 saturated heterocycles. The second-order valence-corrected chi connectivity index (χ2v) is 4.84. The van der Waals surface area contributed by atoms with Crippen LogP contribution in [0.3, 0.4) is 0 Å². The van der Waals surface area contributed by atoms with E-state index in [1.54, 1.807) is 0 Å². The van der Waals surface area contributed by atoms with Gasteiger partial charge in [0, 0.05) is 16.3 Å². The summed E-state index contributed by atoms with van der Waals surface area (Å²) < 4.78 is 1.12. The highest BCUT2D eigenvalue weighted by Gasteiger charge is 2.16. The number of benzene rings is 1. The third kappa shape index (κ3) is 2.57. The number of aldehydes is 1. The molecule has 0 heterocycles. The molecule has 0 radical (unpaired) electrons. The molecular formula is C13H13BrO. The zero-order valence-electron chi connectivity index (χ0n) is 8.40. The van der Waals surface area contributed by atoms with Gasteiger partial charge in [-0.3, -0.25) is 0 Å². The van der Waals surface area contributed by atoms with Crippen LogP contribution in [0.5, 0.6) is 0 Å². The fourth-order valence-corrected chi connectivity index (χ4v) is 2.39. The van der Waals surface area contributed by atoms with E-state index in [0.717, 1.165) is 23.6 Å². The lowest BCUT2D eigenvalue weighted by Crippen LogP contribution is -2.08. The van der Waals surface area contributed by atoms with Gasteiger partial charge in [0.2, 0.25) is 0 Å². The van der Waals surface area contributed by atoms with Crippen molar-refractivity contribution in [2.24, 2.45) is 5.92 Å². The summed E-state index contributed by atoms with van der Waals surface area (Å²) in [5, 5.41) is 0. The largest absolute Gasteiger partial charge is 0.303 e. The molecular weight excluding hydrogens is 252 g/mol. The summed E-state index contributed by atoms with van der Waals surface area (Å²) in [4.78, 5) is 10.6. The van der Waals surface area contributed by atoms with Crippen molar-refractivity contribution in [3.05, 3.63) is 46.5 Å². The zero-order chi connectivity index (χ0) is 10.7. The Bertz CT molecular complexity index is 384. The van der Waals surface area contributed by atoms with Crippen LogP contribution in [-0.2, 0) is 4.79 Å². The lowest BCUT2D eigenvalue weighted by atomic mass is 9.85. The summed E-state index contributed by atoms with van der Waals surface area (Å²) in [6.07, 6.45) is 7.26. The van der Waals surface area contributed by atoms with E-state index < -0.39 is 0 Å². The minimum Gasteiger partial charge on any atom is -0.303 e. The standard InChI is InChI=1S/C13H13BrO/c14-13-3-1-2-12(8-13)11-6-4-10(9-15)5-7-11/h1-4,6,8-11H,5,7H2. The van der Waals surface area contributed by atoms with E-state index in [0.29, 0.717) is 5.92 Å². The highest BCUT2D eigenvalue weighted by atomic mass is 79.9. The molecule has 1 nitrogen and oxygen atoms in total. The predicted molar refractivity (Wildman–Crippen MR) is 64.8 cm³/mol. The SMILES string of the molecule is O=CC1C=CC(c2cccc(Br)c2)CC1. The Labute approximate surface area is 98.3 Å². The summed E-state index contributed by atoms with van der Waals surface area (Å²) >= 11 is 3.47. The van der Waals surface area contributed by atoms with Crippen molar-refractivity contribution in [2.75, 3.05) is 0 Å². The predicted octanol–water partition coefficient (Wildman–Crippen LogP) is 3.70. The average Bonchev–Trinajstić information content (AvgIpc) is 2.29. The van der Waals surface area contributed by atoms with Crippen molar-refractivity contribution in [2.45, 2.75) is 18.8 Å². The number of hydrogen-bond acceptors (Lipinski definition) is 1. The molecule has 0 N–H and O–H groups in total. The summed E-state index contributed by atoms with van der Waals surface area (Å²) in [5.74, 6) is 0.604. The van der Waals surface area contributed by atoms with Crippen LogP contribution in [0, 0.1) is 5.92 Å². The van der Waals surface area contributed by atoms with Gasteiger partial charge in [-0.25, -0.2) is 0 Å². The molecule has 1 aromatic rings. The molecule has 0 spiro atoms. The van der Waals surface area contributed by atoms with Crippen LogP contribution >= 0.6 is 15.9 Å². The molecule has 0 amide bonds. The van der Waals surface area contributed by atoms with E-state index in [9.17, 15) is 4.79 Å². The minimum absolute atomic E-state index is 0.133. The van der Waals surface area contributed by atoms with Crippen molar-refractivity contribution in [1.82, 2.24) is 0 Å². The van der Waals surface area contributed by atoms with Crippen LogP contribution in [0.2, 0.25) is 0 Å². The molecule has 0 saturated carbocycles. The van der Waals surface area contributed by atoms with Gasteiger partial charge < -0.3 is 4.79 Å². The third-order valence-electron chi connectivity index (χ3n) is 2.85. The van der Waals surface area contributed by atoms with E-state index in [1.165, 1.54) is 5.56 Å². The van der Waals surface area contributed by atoms with Crippen molar-refractivity contribution < 1.29 is 4.79 Å². The third-order valence-corrected chi connectivity index (χ3v) is 3.35. The number of halogens is 1. The van der Waals surface area contributed by atoms with Crippen molar-refractivity contribution in [3.63, 3.8) is 0 Å². The molecule has 2 atom stereocenters. The molecule has 0 aromatic heterocycles. The van der Waals surface area contributed by atoms with Crippen LogP contribution in [0.4, 0.5) is 0 Å². The maximum Gasteiger partial charge on any atom is 0.126 e. The first-order valence-electron chi connectivity index (χ1n) is 5.18. The van der Waals surface area contributed by atoms with Crippen molar-refractivity contribution >= 4 is 22.2 Å². The molecule has 1 aliphatic rings. The average molecular weight is 265 g/mol. The molecule has 0 aliphatic heterocycles. The lowest BCUT2D eigenvalue weighted by Gasteiger charge is -2.20. The van der Waals surface area contributed by atoms with E-state index in [2.05, 4.69) is 40.2 Å². The highest BCUT2D eigenvalue weighted by molar-refractivity contribution is 9.10. The minimum atomic E-state index is 0.133. The Morgan fingerprint density at radius 3 is 2.73 bits per heavy atom. The number of allylic oxidation sites excluding steroid dienone is 2. The smallest absolute Gasteiger partial charge is 0.126 e. The van der Waals surface area contributed by atoms with Crippen molar-refractivity contribution in [1.29, 1.82) is 0 Å². The molecule has 0 fully saturated rings. The molecule has 2 heteroatoms. The normalized spacial score (nSPS) is 25.1. The summed E-state index contributed by atoms with van der Waals surface area (Å²) in [6, 6.07) is 8.38. The van der Waals surface area contributed by atoms with Crippen LogP contribution in [-0.4, -0.2) is 6.29 Å². The summed E-state index contributed by atoms with van der Waals surface area (Å²) in [7, 11) is 0. The topological polar surface area (TPSA) is 17.1 Å². The Morgan fingerprint density at radius 1 is 1.27 bits per heavy atom. The quantitative estimate of drug-likeness (QED) is 0.588. The van der Waals surface area contributed by atoms with Gasteiger partial charge in [-0.15, -0.1) is 0 Å². The Balaban J connectivity index is 2.16. The molecule has 1 aliphatic carbocycles. The van der Waals surface area contributed by atoms with Gasteiger partial charge >= 0.3 is 0 Å². The molecule has 78 valence electrons. The molecule has 1 aromatic carbocycles. The van der Waals surface area contributed by atoms with Gasteiger partial charge in [0.1, 0.15) is 6.29 Å².